The van der Waals surface area contributed by atoms with Gasteiger partial charge in [0.2, 0.25) is 5.52 Å². The van der Waals surface area contributed by atoms with Gasteiger partial charge >= 0.3 is 17.6 Å². The van der Waals surface area contributed by atoms with E-state index < -0.39 is 28.4 Å². The van der Waals surface area contributed by atoms with Crippen molar-refractivity contribution >= 4 is 34.3 Å². The van der Waals surface area contributed by atoms with Crippen molar-refractivity contribution in [2.75, 3.05) is 11.9 Å². The summed E-state index contributed by atoms with van der Waals surface area (Å²) >= 11 is 0. The summed E-state index contributed by atoms with van der Waals surface area (Å²) < 4.78 is 9.66. The molecule has 0 saturated heterocycles. The fraction of sp³-hybridized carbons (Fsp3) is 0.467. The van der Waals surface area contributed by atoms with E-state index in [2.05, 4.69) is 20.3 Å². The van der Waals surface area contributed by atoms with Crippen LogP contribution in [-0.4, -0.2) is 44.4 Å². The Balaban J connectivity index is 2.12. The third kappa shape index (κ3) is 4.65. The summed E-state index contributed by atoms with van der Waals surface area (Å²) in [4.78, 5) is 33.6. The van der Waals surface area contributed by atoms with Gasteiger partial charge in [-0.15, -0.1) is 0 Å². The van der Waals surface area contributed by atoms with Crippen molar-refractivity contribution in [3.63, 3.8) is 0 Å². The molecule has 11 nitrogen and oxygen atoms in total. The van der Waals surface area contributed by atoms with Crippen LogP contribution in [0.1, 0.15) is 27.2 Å². The van der Waals surface area contributed by atoms with Crippen molar-refractivity contribution in [2.24, 2.45) is 5.92 Å². The SMILES string of the molecule is CC(C)(C)OC(=O)C[C@@H](CNc1ccc([N+](=O)[O-])c2nonc12)C(=O)O. The number of nitro groups is 1. The number of non-ortho nitro benzene ring substituents is 1. The van der Waals surface area contributed by atoms with Crippen molar-refractivity contribution in [1.29, 1.82) is 0 Å². The topological polar surface area (TPSA) is 158 Å². The first-order valence-corrected chi connectivity index (χ1v) is 7.66. The van der Waals surface area contributed by atoms with E-state index in [1.54, 1.807) is 20.8 Å². The van der Waals surface area contributed by atoms with Gasteiger partial charge in [-0.3, -0.25) is 19.7 Å². The number of ether oxygens (including phenoxy) is 1. The average molecular weight is 366 g/mol. The van der Waals surface area contributed by atoms with E-state index >= 15 is 0 Å². The van der Waals surface area contributed by atoms with Crippen molar-refractivity contribution in [3.8, 4) is 0 Å². The molecule has 0 aliphatic carbocycles. The number of nitro benzene ring substituents is 1. The molecule has 0 bridgehead atoms. The lowest BCUT2D eigenvalue weighted by atomic mass is 10.1. The molecule has 0 saturated carbocycles. The molecule has 0 spiro atoms. The summed E-state index contributed by atoms with van der Waals surface area (Å²) in [5.74, 6) is -2.88. The Labute approximate surface area is 147 Å². The fourth-order valence-electron chi connectivity index (χ4n) is 2.21. The number of esters is 1. The smallest absolute Gasteiger partial charge is 0.308 e. The number of aliphatic carboxylic acids is 1. The lowest BCUT2D eigenvalue weighted by Gasteiger charge is -2.21. The minimum atomic E-state index is -1.18. The second kappa shape index (κ2) is 7.33. The molecule has 0 radical (unpaired) electrons. The first-order chi connectivity index (χ1) is 12.1. The summed E-state index contributed by atoms with van der Waals surface area (Å²) in [7, 11) is 0. The molecule has 1 heterocycles. The minimum absolute atomic E-state index is 0.0565. The average Bonchev–Trinajstić information content (AvgIpc) is 2.98. The van der Waals surface area contributed by atoms with Gasteiger partial charge in [0.15, 0.2) is 5.52 Å². The predicted octanol–water partition coefficient (Wildman–Crippen LogP) is 1.98. The zero-order valence-electron chi connectivity index (χ0n) is 14.4. The van der Waals surface area contributed by atoms with Gasteiger partial charge in [-0.25, -0.2) is 4.63 Å². The number of carboxylic acid groups (broad SMARTS) is 1. The number of benzene rings is 1. The van der Waals surface area contributed by atoms with Gasteiger partial charge < -0.3 is 15.2 Å². The Morgan fingerprint density at radius 3 is 2.58 bits per heavy atom. The number of hydrogen-bond donors (Lipinski definition) is 2. The summed E-state index contributed by atoms with van der Waals surface area (Å²) in [6.45, 7) is 4.94. The number of anilines is 1. The van der Waals surface area contributed by atoms with Gasteiger partial charge in [-0.1, -0.05) is 0 Å². The van der Waals surface area contributed by atoms with Crippen LogP contribution in [0.3, 0.4) is 0 Å². The van der Waals surface area contributed by atoms with Crippen LogP contribution in [0.5, 0.6) is 0 Å². The van der Waals surface area contributed by atoms with Crippen LogP contribution in [0.15, 0.2) is 16.8 Å². The Kier molecular flexibility index (Phi) is 5.38. The molecule has 1 aromatic heterocycles. The van der Waals surface area contributed by atoms with Gasteiger partial charge in [-0.2, -0.15) is 0 Å². The van der Waals surface area contributed by atoms with Gasteiger partial charge in [0.05, 0.1) is 22.9 Å². The molecule has 2 rings (SSSR count). The van der Waals surface area contributed by atoms with Crippen LogP contribution in [-0.2, 0) is 14.3 Å². The highest BCUT2D eigenvalue weighted by Gasteiger charge is 2.26. The molecule has 140 valence electrons. The Morgan fingerprint density at radius 1 is 1.35 bits per heavy atom. The Hall–Kier alpha value is -3.24. The van der Waals surface area contributed by atoms with E-state index in [1.807, 2.05) is 0 Å². The maximum atomic E-state index is 11.8. The molecule has 0 fully saturated rings. The predicted molar refractivity (Wildman–Crippen MR) is 88.5 cm³/mol. The third-order valence-electron chi connectivity index (χ3n) is 3.31. The van der Waals surface area contributed by atoms with Gasteiger partial charge in [-0.05, 0) is 37.2 Å². The zero-order valence-corrected chi connectivity index (χ0v) is 14.4. The number of carbonyl (C=O) groups is 2. The number of fused-ring (bicyclic) bond motifs is 1. The standard InChI is InChI=1S/C15H18N4O7/c1-15(2,3)25-11(20)6-8(14(21)22)7-16-9-4-5-10(19(23)24)13-12(9)17-26-18-13/h4-5,8,16H,6-7H2,1-3H3,(H,21,22)/t8-/m0/s1. The van der Waals surface area contributed by atoms with Crippen LogP contribution in [0.4, 0.5) is 11.4 Å². The molecule has 1 aromatic carbocycles. The molecule has 0 aliphatic rings. The summed E-state index contributed by atoms with van der Waals surface area (Å²) in [6.07, 6.45) is -0.327. The normalized spacial score (nSPS) is 12.6. The Morgan fingerprint density at radius 2 is 2.00 bits per heavy atom. The first-order valence-electron chi connectivity index (χ1n) is 7.66. The molecule has 0 unspecified atom stereocenters. The van der Waals surface area contributed by atoms with Crippen LogP contribution >= 0.6 is 0 Å². The van der Waals surface area contributed by atoms with Crippen molar-refractivity contribution in [1.82, 2.24) is 10.3 Å². The molecular formula is C15H18N4O7. The van der Waals surface area contributed by atoms with Gasteiger partial charge in [0.25, 0.3) is 0 Å². The van der Waals surface area contributed by atoms with E-state index in [-0.39, 0.29) is 29.7 Å². The van der Waals surface area contributed by atoms with E-state index in [4.69, 9.17) is 4.74 Å². The lowest BCUT2D eigenvalue weighted by Crippen LogP contribution is -2.30. The number of carbonyl (C=O) groups excluding carboxylic acids is 1. The lowest BCUT2D eigenvalue weighted by molar-refractivity contribution is -0.383. The van der Waals surface area contributed by atoms with Gasteiger partial charge in [0, 0.05) is 12.6 Å². The molecular weight excluding hydrogens is 348 g/mol. The number of rotatable bonds is 7. The highest BCUT2D eigenvalue weighted by Crippen LogP contribution is 2.29. The number of aromatic nitrogens is 2. The third-order valence-corrected chi connectivity index (χ3v) is 3.31. The summed E-state index contributed by atoms with van der Waals surface area (Å²) in [5.41, 5.74) is -0.651. The minimum Gasteiger partial charge on any atom is -0.481 e. The largest absolute Gasteiger partial charge is 0.481 e. The highest BCUT2D eigenvalue weighted by molar-refractivity contribution is 5.93. The second-order valence-corrected chi connectivity index (χ2v) is 6.56. The van der Waals surface area contributed by atoms with E-state index in [0.29, 0.717) is 5.69 Å². The number of carboxylic acids is 1. The van der Waals surface area contributed by atoms with Crippen LogP contribution < -0.4 is 5.32 Å². The number of hydrogen-bond acceptors (Lipinski definition) is 9. The van der Waals surface area contributed by atoms with Crippen LogP contribution in [0.2, 0.25) is 0 Å². The zero-order chi connectivity index (χ0) is 19.5. The van der Waals surface area contributed by atoms with E-state index in [1.165, 1.54) is 12.1 Å². The molecule has 1 atom stereocenters. The maximum absolute atomic E-state index is 11.8. The van der Waals surface area contributed by atoms with Crippen molar-refractivity contribution in [3.05, 3.63) is 22.2 Å². The summed E-state index contributed by atoms with van der Waals surface area (Å²) in [5, 5.41) is 30.2. The molecule has 0 aliphatic heterocycles. The molecule has 2 N–H and O–H groups in total. The highest BCUT2D eigenvalue weighted by atomic mass is 16.6. The molecule has 11 heteroatoms. The monoisotopic (exact) mass is 366 g/mol. The first kappa shape index (κ1) is 19.1. The van der Waals surface area contributed by atoms with E-state index in [9.17, 15) is 24.8 Å². The second-order valence-electron chi connectivity index (χ2n) is 6.56. The van der Waals surface area contributed by atoms with Crippen molar-refractivity contribution in [2.45, 2.75) is 32.8 Å². The van der Waals surface area contributed by atoms with Crippen LogP contribution in [0.25, 0.3) is 11.0 Å². The molecule has 0 amide bonds. The van der Waals surface area contributed by atoms with E-state index in [0.717, 1.165) is 0 Å². The van der Waals surface area contributed by atoms with Gasteiger partial charge in [0.1, 0.15) is 5.60 Å². The molecule has 26 heavy (non-hydrogen) atoms. The quantitative estimate of drug-likeness (QED) is 0.421. The number of nitrogens with zero attached hydrogens (tertiary/aromatic N) is 3. The van der Waals surface area contributed by atoms with Crippen molar-refractivity contribution < 1.29 is 29.0 Å². The van der Waals surface area contributed by atoms with Crippen LogP contribution in [0, 0.1) is 16.0 Å². The summed E-state index contributed by atoms with van der Waals surface area (Å²) in [6, 6.07) is 2.58. The fourth-order valence-corrected chi connectivity index (χ4v) is 2.21. The molecule has 2 aromatic rings. The number of nitrogens with one attached hydrogen (secondary N) is 1. The maximum Gasteiger partial charge on any atom is 0.308 e. The Bertz CT molecular complexity index is 840.